The van der Waals surface area contributed by atoms with Crippen LogP contribution in [0.2, 0.25) is 0 Å². The van der Waals surface area contributed by atoms with Gasteiger partial charge in [-0.1, -0.05) is 0 Å². The summed E-state index contributed by atoms with van der Waals surface area (Å²) >= 11 is 0. The second kappa shape index (κ2) is 9.89. The lowest BCUT2D eigenvalue weighted by Crippen LogP contribution is -2.43. The van der Waals surface area contributed by atoms with Gasteiger partial charge in [-0.3, -0.25) is 19.4 Å². The van der Waals surface area contributed by atoms with Gasteiger partial charge < -0.3 is 37.0 Å². The first-order chi connectivity index (χ1) is 15.2. The highest BCUT2D eigenvalue weighted by Crippen LogP contribution is 2.21. The number of hydrogen-bond acceptors (Lipinski definition) is 10. The number of amides is 1. The van der Waals surface area contributed by atoms with Gasteiger partial charge in [-0.2, -0.15) is 4.98 Å². The molecule has 0 bridgehead atoms. The number of fused-ring (bicyclic) bond motifs is 1. The number of carboxylic acids is 1. The Kier molecular flexibility index (Phi) is 7.02. The predicted octanol–water partition coefficient (Wildman–Crippen LogP) is -0.764. The largest absolute Gasteiger partial charge is 0.481 e. The summed E-state index contributed by atoms with van der Waals surface area (Å²) in [7, 11) is 0. The lowest BCUT2D eigenvalue weighted by atomic mass is 10.1. The van der Waals surface area contributed by atoms with Crippen molar-refractivity contribution in [1.29, 1.82) is 0 Å². The van der Waals surface area contributed by atoms with Crippen LogP contribution in [0.1, 0.15) is 23.2 Å². The molecule has 2 heterocycles. The summed E-state index contributed by atoms with van der Waals surface area (Å²) in [5.41, 5.74) is 6.83. The minimum Gasteiger partial charge on any atom is -0.481 e. The van der Waals surface area contributed by atoms with Crippen LogP contribution in [0.25, 0.3) is 0 Å². The number of aliphatic carboxylic acids is 1. The van der Waals surface area contributed by atoms with E-state index in [1.54, 1.807) is 12.1 Å². The molecule has 1 aromatic carbocycles. The summed E-state index contributed by atoms with van der Waals surface area (Å²) in [6, 6.07) is 5.25. The number of aliphatic imine (C=N–C) groups is 1. The minimum absolute atomic E-state index is 0.00357. The van der Waals surface area contributed by atoms with Crippen LogP contribution in [0.5, 0.6) is 0 Å². The summed E-state index contributed by atoms with van der Waals surface area (Å²) in [4.78, 5) is 45.6. The SMILES string of the molecule is Nc1nc2c(c(=O)[nH]1)N=C(CNc1ccc(C(=O)NC(CCC(=O)O)C(O)O)cc1)CN2. The highest BCUT2D eigenvalue weighted by Gasteiger charge is 2.21. The van der Waals surface area contributed by atoms with E-state index in [1.165, 1.54) is 12.1 Å². The summed E-state index contributed by atoms with van der Waals surface area (Å²) in [6.07, 6.45) is -2.32. The number of rotatable bonds is 9. The zero-order valence-electron chi connectivity index (χ0n) is 16.8. The Morgan fingerprint density at radius 2 is 1.94 bits per heavy atom. The highest BCUT2D eigenvalue weighted by molar-refractivity contribution is 5.97. The molecule has 0 fully saturated rings. The lowest BCUT2D eigenvalue weighted by molar-refractivity contribution is -0.137. The molecular weight excluding hydrogens is 422 g/mol. The van der Waals surface area contributed by atoms with Crippen molar-refractivity contribution in [3.8, 4) is 0 Å². The number of H-pyrrole nitrogens is 1. The fraction of sp³-hybridized carbons (Fsp3) is 0.316. The molecule has 170 valence electrons. The van der Waals surface area contributed by atoms with Gasteiger partial charge in [-0.05, 0) is 30.7 Å². The van der Waals surface area contributed by atoms with Crippen molar-refractivity contribution >= 4 is 40.7 Å². The lowest BCUT2D eigenvalue weighted by Gasteiger charge is -2.20. The van der Waals surface area contributed by atoms with Gasteiger partial charge in [0, 0.05) is 17.7 Å². The zero-order valence-corrected chi connectivity index (χ0v) is 16.8. The fourth-order valence-electron chi connectivity index (χ4n) is 2.97. The van der Waals surface area contributed by atoms with Crippen LogP contribution in [0.15, 0.2) is 34.1 Å². The predicted molar refractivity (Wildman–Crippen MR) is 116 cm³/mol. The van der Waals surface area contributed by atoms with Crippen LogP contribution in [0.4, 0.5) is 23.1 Å². The molecule has 9 N–H and O–H groups in total. The molecule has 0 saturated carbocycles. The number of anilines is 3. The maximum absolute atomic E-state index is 12.3. The monoisotopic (exact) mass is 445 g/mol. The van der Waals surface area contributed by atoms with Crippen molar-refractivity contribution < 1.29 is 24.9 Å². The molecule has 1 aromatic heterocycles. The average Bonchev–Trinajstić information content (AvgIpc) is 2.75. The van der Waals surface area contributed by atoms with Crippen LogP contribution in [0, 0.1) is 0 Å². The van der Waals surface area contributed by atoms with Crippen molar-refractivity contribution in [3.05, 3.63) is 40.2 Å². The summed E-state index contributed by atoms with van der Waals surface area (Å²) in [6.45, 7) is 0.702. The van der Waals surface area contributed by atoms with E-state index in [9.17, 15) is 24.6 Å². The summed E-state index contributed by atoms with van der Waals surface area (Å²) < 4.78 is 0. The number of hydrogen-bond donors (Lipinski definition) is 8. The first kappa shape index (κ1) is 22.7. The Morgan fingerprint density at radius 3 is 2.59 bits per heavy atom. The van der Waals surface area contributed by atoms with E-state index in [2.05, 4.69) is 30.9 Å². The molecule has 13 nitrogen and oxygen atoms in total. The van der Waals surface area contributed by atoms with Gasteiger partial charge in [0.2, 0.25) is 5.95 Å². The highest BCUT2D eigenvalue weighted by atomic mass is 16.5. The van der Waals surface area contributed by atoms with Gasteiger partial charge in [0.25, 0.3) is 11.5 Å². The Morgan fingerprint density at radius 1 is 1.22 bits per heavy atom. The fourth-order valence-corrected chi connectivity index (χ4v) is 2.97. The topological polar surface area (TPSA) is 215 Å². The second-order valence-corrected chi connectivity index (χ2v) is 7.04. The first-order valence-electron chi connectivity index (χ1n) is 9.65. The van der Waals surface area contributed by atoms with Gasteiger partial charge in [0.1, 0.15) is 0 Å². The number of aromatic nitrogens is 2. The number of aromatic amines is 1. The van der Waals surface area contributed by atoms with Gasteiger partial charge in [-0.15, -0.1) is 0 Å². The molecule has 1 aliphatic rings. The van der Waals surface area contributed by atoms with Crippen LogP contribution >= 0.6 is 0 Å². The Hall–Kier alpha value is -3.97. The maximum Gasteiger partial charge on any atom is 0.303 e. The zero-order chi connectivity index (χ0) is 23.3. The van der Waals surface area contributed by atoms with Crippen molar-refractivity contribution in [2.24, 2.45) is 4.99 Å². The number of nitrogen functional groups attached to an aromatic ring is 1. The number of carbonyl (C=O) groups excluding carboxylic acids is 1. The third kappa shape index (κ3) is 5.80. The molecule has 0 saturated heterocycles. The number of carboxylic acid groups (broad SMARTS) is 1. The molecule has 1 atom stereocenters. The number of aliphatic hydroxyl groups is 2. The molecule has 3 rings (SSSR count). The van der Waals surface area contributed by atoms with E-state index in [0.29, 0.717) is 30.3 Å². The van der Waals surface area contributed by atoms with Crippen LogP contribution in [-0.2, 0) is 4.79 Å². The van der Waals surface area contributed by atoms with E-state index in [0.717, 1.165) is 0 Å². The van der Waals surface area contributed by atoms with E-state index < -0.39 is 29.8 Å². The summed E-state index contributed by atoms with van der Waals surface area (Å²) in [5, 5.41) is 35.9. The van der Waals surface area contributed by atoms with Gasteiger partial charge >= 0.3 is 5.97 Å². The van der Waals surface area contributed by atoms with Crippen molar-refractivity contribution in [2.75, 3.05) is 29.5 Å². The Bertz CT molecular complexity index is 1080. The quantitative estimate of drug-likeness (QED) is 0.226. The molecule has 13 heteroatoms. The van der Waals surface area contributed by atoms with Crippen molar-refractivity contribution in [3.63, 3.8) is 0 Å². The number of carbonyl (C=O) groups is 2. The third-order valence-electron chi connectivity index (χ3n) is 4.63. The maximum atomic E-state index is 12.3. The average molecular weight is 445 g/mol. The molecule has 0 spiro atoms. The molecule has 0 radical (unpaired) electrons. The molecule has 0 aliphatic carbocycles. The van der Waals surface area contributed by atoms with E-state index in [-0.39, 0.29) is 30.0 Å². The Labute approximate surface area is 181 Å². The molecule has 1 aliphatic heterocycles. The molecule has 2 aromatic rings. The van der Waals surface area contributed by atoms with Gasteiger partial charge in [0.15, 0.2) is 17.8 Å². The van der Waals surface area contributed by atoms with E-state index in [4.69, 9.17) is 10.8 Å². The molecule has 1 unspecified atom stereocenters. The number of nitrogens with zero attached hydrogens (tertiary/aromatic N) is 2. The van der Waals surface area contributed by atoms with Gasteiger partial charge in [0.05, 0.1) is 24.8 Å². The number of nitrogens with two attached hydrogens (primary N) is 1. The van der Waals surface area contributed by atoms with Crippen molar-refractivity contribution in [1.82, 2.24) is 15.3 Å². The van der Waals surface area contributed by atoms with Crippen molar-refractivity contribution in [2.45, 2.75) is 25.2 Å². The number of aliphatic hydroxyl groups excluding tert-OH is 1. The molecular formula is C19H23N7O6. The second-order valence-electron chi connectivity index (χ2n) is 7.04. The standard InChI is InChI=1S/C19H23N7O6/c20-19-25-15-14(17(30)26-19)23-11(8-22-15)7-21-10-3-1-9(2-4-10)16(29)24-12(18(31)32)5-6-13(27)28/h1-4,12,18,21,31-32H,5-8H2,(H,24,29)(H,27,28)(H4,20,22,25,26,30). The smallest absolute Gasteiger partial charge is 0.303 e. The normalized spacial score (nSPS) is 13.5. The van der Waals surface area contributed by atoms with E-state index >= 15 is 0 Å². The summed E-state index contributed by atoms with van der Waals surface area (Å²) in [5.74, 6) is -1.35. The first-order valence-corrected chi connectivity index (χ1v) is 9.65. The number of benzene rings is 1. The molecule has 1 amide bonds. The number of nitrogens with one attached hydrogen (secondary N) is 4. The van der Waals surface area contributed by atoms with Crippen LogP contribution in [0.3, 0.4) is 0 Å². The molecule has 32 heavy (non-hydrogen) atoms. The van der Waals surface area contributed by atoms with E-state index in [1.807, 2.05) is 0 Å². The van der Waals surface area contributed by atoms with Crippen LogP contribution in [-0.4, -0.2) is 68.3 Å². The third-order valence-corrected chi connectivity index (χ3v) is 4.63. The Balaban J connectivity index is 1.59. The van der Waals surface area contributed by atoms with Gasteiger partial charge in [-0.25, -0.2) is 4.99 Å². The minimum atomic E-state index is -1.88. The van der Waals surface area contributed by atoms with Crippen LogP contribution < -0.4 is 27.2 Å².